The molecule has 4 nitrogen and oxygen atoms in total. The van der Waals surface area contributed by atoms with Crippen molar-refractivity contribution in [3.05, 3.63) is 48.0 Å². The van der Waals surface area contributed by atoms with Crippen molar-refractivity contribution >= 4 is 22.6 Å². The molecule has 2 amide bonds. The minimum absolute atomic E-state index is 0.0274. The Morgan fingerprint density at radius 1 is 1.19 bits per heavy atom. The fourth-order valence-corrected chi connectivity index (χ4v) is 2.84. The highest BCUT2D eigenvalue weighted by molar-refractivity contribution is 5.88. The van der Waals surface area contributed by atoms with Crippen molar-refractivity contribution in [3.8, 4) is 0 Å². The van der Waals surface area contributed by atoms with Gasteiger partial charge < -0.3 is 10.6 Å². The molecular weight excluding hydrogens is 264 g/mol. The number of carbonyl (C=O) groups excluding carboxylic acids is 2. The molecule has 2 aromatic rings. The zero-order chi connectivity index (χ0) is 14.8. The van der Waals surface area contributed by atoms with Gasteiger partial charge in [-0.15, -0.1) is 0 Å². The smallest absolute Gasteiger partial charge is 0.223 e. The summed E-state index contributed by atoms with van der Waals surface area (Å²) in [4.78, 5) is 24.7. The Kier molecular flexibility index (Phi) is 3.60. The van der Waals surface area contributed by atoms with Crippen LogP contribution in [-0.4, -0.2) is 29.8 Å². The fourth-order valence-electron chi connectivity index (χ4n) is 2.84. The summed E-state index contributed by atoms with van der Waals surface area (Å²) in [5.41, 5.74) is 6.47. The van der Waals surface area contributed by atoms with Crippen molar-refractivity contribution in [2.45, 2.75) is 12.8 Å². The number of carbonyl (C=O) groups is 2. The largest absolute Gasteiger partial charge is 0.369 e. The number of fused-ring (bicyclic) bond motifs is 1. The Bertz CT molecular complexity index is 696. The lowest BCUT2D eigenvalue weighted by molar-refractivity contribution is -0.128. The van der Waals surface area contributed by atoms with E-state index >= 15 is 0 Å². The molecule has 1 heterocycles. The lowest BCUT2D eigenvalue weighted by Crippen LogP contribution is -2.30. The van der Waals surface area contributed by atoms with Gasteiger partial charge in [0.2, 0.25) is 11.8 Å². The molecule has 1 aliphatic rings. The number of rotatable bonds is 4. The van der Waals surface area contributed by atoms with E-state index in [1.54, 1.807) is 4.90 Å². The van der Waals surface area contributed by atoms with Crippen LogP contribution in [0.1, 0.15) is 12.0 Å². The molecule has 1 saturated heterocycles. The third-order valence-electron chi connectivity index (χ3n) is 4.10. The van der Waals surface area contributed by atoms with Crippen LogP contribution >= 0.6 is 0 Å². The lowest BCUT2D eigenvalue weighted by atomic mass is 10.1. The molecule has 108 valence electrons. The standard InChI is InChI=1S/C17H18N2O2/c18-17(21)15-10-16(20)19(11-15)8-7-12-5-6-13-3-1-2-4-14(13)9-12/h1-6,9,15H,7-8,10-11H2,(H2,18,21). The molecule has 21 heavy (non-hydrogen) atoms. The van der Waals surface area contributed by atoms with Crippen molar-refractivity contribution in [1.29, 1.82) is 0 Å². The zero-order valence-electron chi connectivity index (χ0n) is 11.8. The van der Waals surface area contributed by atoms with Crippen LogP contribution < -0.4 is 5.73 Å². The predicted molar refractivity (Wildman–Crippen MR) is 81.5 cm³/mol. The van der Waals surface area contributed by atoms with E-state index in [9.17, 15) is 9.59 Å². The molecule has 4 heteroatoms. The number of nitrogens with two attached hydrogens (primary N) is 1. The Labute approximate surface area is 123 Å². The van der Waals surface area contributed by atoms with E-state index in [-0.39, 0.29) is 24.2 Å². The first kappa shape index (κ1) is 13.6. The third-order valence-corrected chi connectivity index (χ3v) is 4.10. The van der Waals surface area contributed by atoms with Gasteiger partial charge in [-0.25, -0.2) is 0 Å². The number of likely N-dealkylation sites (tertiary alicyclic amines) is 1. The van der Waals surface area contributed by atoms with Crippen molar-refractivity contribution in [2.75, 3.05) is 13.1 Å². The summed E-state index contributed by atoms with van der Waals surface area (Å²) in [6.45, 7) is 1.10. The van der Waals surface area contributed by atoms with Gasteiger partial charge in [-0.2, -0.15) is 0 Å². The van der Waals surface area contributed by atoms with Crippen molar-refractivity contribution < 1.29 is 9.59 Å². The van der Waals surface area contributed by atoms with E-state index in [4.69, 9.17) is 5.73 Å². The summed E-state index contributed by atoms with van der Waals surface area (Å²) >= 11 is 0. The maximum atomic E-state index is 11.8. The van der Waals surface area contributed by atoms with Gasteiger partial charge in [-0.05, 0) is 22.8 Å². The van der Waals surface area contributed by atoms with E-state index in [2.05, 4.69) is 30.3 Å². The Hall–Kier alpha value is -2.36. The normalized spacial score (nSPS) is 18.4. The highest BCUT2D eigenvalue weighted by atomic mass is 16.2. The third kappa shape index (κ3) is 2.89. The number of amides is 2. The molecule has 1 fully saturated rings. The van der Waals surface area contributed by atoms with Gasteiger partial charge in [0.25, 0.3) is 0 Å². The number of hydrogen-bond acceptors (Lipinski definition) is 2. The molecule has 0 radical (unpaired) electrons. The maximum Gasteiger partial charge on any atom is 0.223 e. The first-order chi connectivity index (χ1) is 10.1. The van der Waals surface area contributed by atoms with Crippen LogP contribution in [0, 0.1) is 5.92 Å². The molecule has 0 saturated carbocycles. The Morgan fingerprint density at radius 2 is 1.95 bits per heavy atom. The van der Waals surface area contributed by atoms with Gasteiger partial charge >= 0.3 is 0 Å². The summed E-state index contributed by atoms with van der Waals surface area (Å²) in [6.07, 6.45) is 1.05. The number of benzene rings is 2. The lowest BCUT2D eigenvalue weighted by Gasteiger charge is -2.16. The van der Waals surface area contributed by atoms with E-state index in [1.807, 2.05) is 12.1 Å². The monoisotopic (exact) mass is 282 g/mol. The van der Waals surface area contributed by atoms with Crippen LogP contribution in [0.5, 0.6) is 0 Å². The van der Waals surface area contributed by atoms with E-state index < -0.39 is 0 Å². The molecule has 3 rings (SSSR count). The molecular formula is C17H18N2O2. The second-order valence-corrected chi connectivity index (χ2v) is 5.57. The summed E-state index contributed by atoms with van der Waals surface area (Å²) in [5, 5.41) is 2.42. The van der Waals surface area contributed by atoms with Crippen molar-refractivity contribution in [1.82, 2.24) is 4.90 Å². The van der Waals surface area contributed by atoms with E-state index in [1.165, 1.54) is 16.3 Å². The molecule has 0 spiro atoms. The Balaban J connectivity index is 1.66. The first-order valence-corrected chi connectivity index (χ1v) is 7.18. The highest BCUT2D eigenvalue weighted by Crippen LogP contribution is 2.19. The average Bonchev–Trinajstić information content (AvgIpc) is 2.86. The first-order valence-electron chi connectivity index (χ1n) is 7.18. The maximum absolute atomic E-state index is 11.8. The second-order valence-electron chi connectivity index (χ2n) is 5.57. The second kappa shape index (κ2) is 5.56. The highest BCUT2D eigenvalue weighted by Gasteiger charge is 2.32. The molecule has 0 bridgehead atoms. The summed E-state index contributed by atoms with van der Waals surface area (Å²) in [5.74, 6) is -0.676. The number of hydrogen-bond donors (Lipinski definition) is 1. The molecule has 1 unspecified atom stereocenters. The summed E-state index contributed by atoms with van der Waals surface area (Å²) in [7, 11) is 0. The van der Waals surface area contributed by atoms with Crippen LogP contribution in [0.2, 0.25) is 0 Å². The van der Waals surface area contributed by atoms with Gasteiger partial charge in [-0.3, -0.25) is 9.59 Å². The van der Waals surface area contributed by atoms with Gasteiger partial charge in [-0.1, -0.05) is 42.5 Å². The summed E-state index contributed by atoms with van der Waals surface area (Å²) < 4.78 is 0. The average molecular weight is 282 g/mol. The topological polar surface area (TPSA) is 63.4 Å². The fraction of sp³-hybridized carbons (Fsp3) is 0.294. The molecule has 0 aromatic heterocycles. The van der Waals surface area contributed by atoms with Crippen LogP contribution in [0.15, 0.2) is 42.5 Å². The molecule has 1 atom stereocenters. The van der Waals surface area contributed by atoms with Gasteiger partial charge in [0, 0.05) is 19.5 Å². The zero-order valence-corrected chi connectivity index (χ0v) is 11.8. The van der Waals surface area contributed by atoms with E-state index in [0.29, 0.717) is 13.1 Å². The summed E-state index contributed by atoms with van der Waals surface area (Å²) in [6, 6.07) is 14.6. The molecule has 2 N–H and O–H groups in total. The minimum atomic E-state index is -0.378. The van der Waals surface area contributed by atoms with Crippen LogP contribution in [0.4, 0.5) is 0 Å². The minimum Gasteiger partial charge on any atom is -0.369 e. The predicted octanol–water partition coefficient (Wildman–Crippen LogP) is 1.72. The Morgan fingerprint density at radius 3 is 2.67 bits per heavy atom. The van der Waals surface area contributed by atoms with Crippen molar-refractivity contribution in [2.24, 2.45) is 11.7 Å². The SMILES string of the molecule is NC(=O)C1CC(=O)N(CCc2ccc3ccccc3c2)C1. The molecule has 0 aliphatic carbocycles. The number of primary amides is 1. The van der Waals surface area contributed by atoms with Crippen LogP contribution in [0.3, 0.4) is 0 Å². The van der Waals surface area contributed by atoms with Crippen LogP contribution in [-0.2, 0) is 16.0 Å². The van der Waals surface area contributed by atoms with E-state index in [0.717, 1.165) is 6.42 Å². The van der Waals surface area contributed by atoms with Gasteiger partial charge in [0.15, 0.2) is 0 Å². The quantitative estimate of drug-likeness (QED) is 0.928. The molecule has 1 aliphatic heterocycles. The van der Waals surface area contributed by atoms with Crippen molar-refractivity contribution in [3.63, 3.8) is 0 Å². The number of nitrogens with zero attached hydrogens (tertiary/aromatic N) is 1. The van der Waals surface area contributed by atoms with Gasteiger partial charge in [0.05, 0.1) is 5.92 Å². The van der Waals surface area contributed by atoms with Gasteiger partial charge in [0.1, 0.15) is 0 Å². The van der Waals surface area contributed by atoms with Crippen LogP contribution in [0.25, 0.3) is 10.8 Å². The molecule has 2 aromatic carbocycles.